The van der Waals surface area contributed by atoms with E-state index in [2.05, 4.69) is 15.2 Å². The number of hydrogen-bond acceptors (Lipinski definition) is 5. The maximum atomic E-state index is 13.0. The second-order valence-corrected chi connectivity index (χ2v) is 6.63. The number of piperidine rings is 1. The molecule has 25 heavy (non-hydrogen) atoms. The summed E-state index contributed by atoms with van der Waals surface area (Å²) in [7, 11) is 1.63. The molecule has 1 fully saturated rings. The van der Waals surface area contributed by atoms with E-state index in [9.17, 15) is 9.90 Å². The number of aromatic amines is 1. The third-order valence-electron chi connectivity index (χ3n) is 5.08. The summed E-state index contributed by atoms with van der Waals surface area (Å²) in [5.41, 5.74) is 0.545. The van der Waals surface area contributed by atoms with Crippen molar-refractivity contribution in [3.63, 3.8) is 0 Å². The van der Waals surface area contributed by atoms with Gasteiger partial charge in [0.1, 0.15) is 6.33 Å². The Morgan fingerprint density at radius 1 is 1.48 bits per heavy atom. The summed E-state index contributed by atoms with van der Waals surface area (Å²) in [6, 6.07) is 7.37. The van der Waals surface area contributed by atoms with Gasteiger partial charge in [0.05, 0.1) is 11.2 Å². The Hall–Kier alpha value is -2.25. The first-order valence-corrected chi connectivity index (χ1v) is 8.50. The fourth-order valence-corrected chi connectivity index (χ4v) is 3.38. The van der Waals surface area contributed by atoms with Crippen molar-refractivity contribution in [3.05, 3.63) is 36.2 Å². The number of ether oxygens (including phenoxy) is 1. The molecular formula is C18H24N4O3. The molecule has 1 aromatic carbocycles. The third-order valence-corrected chi connectivity index (χ3v) is 5.08. The van der Waals surface area contributed by atoms with Crippen molar-refractivity contribution in [2.24, 2.45) is 5.92 Å². The SMILES string of the molecule is COCCC1(O)CCN(C(=O)c2ccccc2-c2ncn[nH]2)CC1C. The number of benzene rings is 1. The smallest absolute Gasteiger partial charge is 0.254 e. The molecule has 1 aliphatic heterocycles. The number of hydrogen-bond donors (Lipinski definition) is 2. The van der Waals surface area contributed by atoms with Gasteiger partial charge in [-0.25, -0.2) is 4.98 Å². The summed E-state index contributed by atoms with van der Waals surface area (Å²) in [6.07, 6.45) is 2.56. The third kappa shape index (κ3) is 3.57. The Bertz CT molecular complexity index is 719. The van der Waals surface area contributed by atoms with E-state index in [1.54, 1.807) is 18.1 Å². The normalized spacial score (nSPS) is 23.6. The molecule has 2 aromatic rings. The van der Waals surface area contributed by atoms with Gasteiger partial charge in [-0.15, -0.1) is 0 Å². The summed E-state index contributed by atoms with van der Waals surface area (Å²) in [6.45, 7) is 3.54. The molecule has 2 atom stereocenters. The minimum Gasteiger partial charge on any atom is -0.389 e. The van der Waals surface area contributed by atoms with Crippen LogP contribution in [-0.2, 0) is 4.74 Å². The Kier molecular flexibility index (Phi) is 5.15. The lowest BCUT2D eigenvalue weighted by molar-refractivity contribution is -0.0750. The second-order valence-electron chi connectivity index (χ2n) is 6.63. The number of methoxy groups -OCH3 is 1. The summed E-state index contributed by atoms with van der Waals surface area (Å²) in [4.78, 5) is 19.0. The Morgan fingerprint density at radius 2 is 2.28 bits per heavy atom. The number of nitrogens with one attached hydrogen (secondary N) is 1. The summed E-state index contributed by atoms with van der Waals surface area (Å²) >= 11 is 0. The number of aromatic nitrogens is 3. The molecule has 1 saturated heterocycles. The highest BCUT2D eigenvalue weighted by Crippen LogP contribution is 2.32. The van der Waals surface area contributed by atoms with Gasteiger partial charge in [0, 0.05) is 38.3 Å². The molecule has 7 heteroatoms. The number of rotatable bonds is 5. The molecule has 1 aromatic heterocycles. The molecule has 1 aliphatic rings. The fraction of sp³-hybridized carbons (Fsp3) is 0.500. The zero-order valence-electron chi connectivity index (χ0n) is 14.6. The molecule has 2 unspecified atom stereocenters. The van der Waals surface area contributed by atoms with Crippen LogP contribution in [0.2, 0.25) is 0 Å². The lowest BCUT2D eigenvalue weighted by atomic mass is 9.79. The van der Waals surface area contributed by atoms with Crippen molar-refractivity contribution in [1.82, 2.24) is 20.1 Å². The van der Waals surface area contributed by atoms with E-state index in [1.807, 2.05) is 25.1 Å². The number of nitrogens with zero attached hydrogens (tertiary/aromatic N) is 3. The summed E-state index contributed by atoms with van der Waals surface area (Å²) < 4.78 is 5.10. The number of carbonyl (C=O) groups is 1. The number of aliphatic hydroxyl groups is 1. The Labute approximate surface area is 147 Å². The molecule has 2 N–H and O–H groups in total. The van der Waals surface area contributed by atoms with Gasteiger partial charge >= 0.3 is 0 Å². The van der Waals surface area contributed by atoms with Gasteiger partial charge in [0.2, 0.25) is 0 Å². The molecule has 0 aliphatic carbocycles. The van der Waals surface area contributed by atoms with Crippen molar-refractivity contribution >= 4 is 5.91 Å². The van der Waals surface area contributed by atoms with Crippen molar-refractivity contribution in [2.75, 3.05) is 26.8 Å². The first-order valence-electron chi connectivity index (χ1n) is 8.50. The van der Waals surface area contributed by atoms with Gasteiger partial charge < -0.3 is 14.7 Å². The maximum absolute atomic E-state index is 13.0. The van der Waals surface area contributed by atoms with Gasteiger partial charge in [0.15, 0.2) is 5.82 Å². The van der Waals surface area contributed by atoms with Crippen LogP contribution in [0.25, 0.3) is 11.4 Å². The average Bonchev–Trinajstić information content (AvgIpc) is 3.16. The van der Waals surface area contributed by atoms with Gasteiger partial charge in [-0.05, 0) is 18.9 Å². The van der Waals surface area contributed by atoms with Crippen LogP contribution < -0.4 is 0 Å². The molecule has 3 rings (SSSR count). The van der Waals surface area contributed by atoms with E-state index in [1.165, 1.54) is 6.33 Å². The minimum atomic E-state index is -0.781. The van der Waals surface area contributed by atoms with Gasteiger partial charge in [-0.2, -0.15) is 5.10 Å². The number of amides is 1. The predicted octanol–water partition coefficient (Wildman–Crippen LogP) is 1.72. The fourth-order valence-electron chi connectivity index (χ4n) is 3.38. The first kappa shape index (κ1) is 17.6. The van der Waals surface area contributed by atoms with Crippen LogP contribution in [0.5, 0.6) is 0 Å². The predicted molar refractivity (Wildman–Crippen MR) is 92.9 cm³/mol. The topological polar surface area (TPSA) is 91.3 Å². The highest BCUT2D eigenvalue weighted by Gasteiger charge is 2.40. The zero-order chi connectivity index (χ0) is 17.9. The molecule has 7 nitrogen and oxygen atoms in total. The number of carbonyl (C=O) groups excluding carboxylic acids is 1. The average molecular weight is 344 g/mol. The lowest BCUT2D eigenvalue weighted by Gasteiger charge is -2.43. The van der Waals surface area contributed by atoms with Gasteiger partial charge in [-0.1, -0.05) is 25.1 Å². The Balaban J connectivity index is 1.78. The molecule has 0 bridgehead atoms. The zero-order valence-corrected chi connectivity index (χ0v) is 14.6. The van der Waals surface area contributed by atoms with E-state index in [4.69, 9.17) is 4.74 Å². The van der Waals surface area contributed by atoms with Crippen LogP contribution in [0, 0.1) is 5.92 Å². The quantitative estimate of drug-likeness (QED) is 0.862. The van der Waals surface area contributed by atoms with Crippen LogP contribution in [-0.4, -0.2) is 63.5 Å². The largest absolute Gasteiger partial charge is 0.389 e. The number of likely N-dealkylation sites (tertiary alicyclic amines) is 1. The highest BCUT2D eigenvalue weighted by molar-refractivity contribution is 6.00. The second kappa shape index (κ2) is 7.33. The van der Waals surface area contributed by atoms with E-state index < -0.39 is 5.60 Å². The van der Waals surface area contributed by atoms with Crippen LogP contribution in [0.4, 0.5) is 0 Å². The standard InChI is InChI=1S/C18H24N4O3/c1-13-11-22(9-7-18(13,24)8-10-25-2)17(23)15-6-4-3-5-14(15)16-19-12-20-21-16/h3-6,12-13,24H,7-11H2,1-2H3,(H,19,20,21). The monoisotopic (exact) mass is 344 g/mol. The minimum absolute atomic E-state index is 0.0159. The molecule has 0 radical (unpaired) electrons. The van der Waals surface area contributed by atoms with Crippen LogP contribution >= 0.6 is 0 Å². The molecule has 2 heterocycles. The highest BCUT2D eigenvalue weighted by atomic mass is 16.5. The molecule has 0 saturated carbocycles. The van der Waals surface area contributed by atoms with E-state index >= 15 is 0 Å². The van der Waals surface area contributed by atoms with E-state index in [0.717, 1.165) is 5.56 Å². The first-order chi connectivity index (χ1) is 12.0. The van der Waals surface area contributed by atoms with Crippen molar-refractivity contribution < 1.29 is 14.6 Å². The summed E-state index contributed by atoms with van der Waals surface area (Å²) in [5, 5.41) is 17.5. The van der Waals surface area contributed by atoms with Crippen molar-refractivity contribution in [3.8, 4) is 11.4 Å². The van der Waals surface area contributed by atoms with Gasteiger partial charge in [-0.3, -0.25) is 9.89 Å². The summed E-state index contributed by atoms with van der Waals surface area (Å²) in [5.74, 6) is 0.510. The van der Waals surface area contributed by atoms with Crippen LogP contribution in [0.3, 0.4) is 0 Å². The van der Waals surface area contributed by atoms with Gasteiger partial charge in [0.25, 0.3) is 5.91 Å². The van der Waals surface area contributed by atoms with Crippen LogP contribution in [0.1, 0.15) is 30.1 Å². The molecule has 1 amide bonds. The Morgan fingerprint density at radius 3 is 2.96 bits per heavy atom. The van der Waals surface area contributed by atoms with Crippen molar-refractivity contribution in [2.45, 2.75) is 25.4 Å². The maximum Gasteiger partial charge on any atom is 0.254 e. The van der Waals surface area contributed by atoms with E-state index in [0.29, 0.717) is 43.9 Å². The number of H-pyrrole nitrogens is 1. The molecule has 0 spiro atoms. The lowest BCUT2D eigenvalue weighted by Crippen LogP contribution is -2.53. The van der Waals surface area contributed by atoms with Crippen LogP contribution in [0.15, 0.2) is 30.6 Å². The van der Waals surface area contributed by atoms with E-state index in [-0.39, 0.29) is 11.8 Å². The van der Waals surface area contributed by atoms with Crippen molar-refractivity contribution in [1.29, 1.82) is 0 Å². The molecule has 134 valence electrons. The molecular weight excluding hydrogens is 320 g/mol.